The number of imide groups is 1. The van der Waals surface area contributed by atoms with Gasteiger partial charge in [-0.3, -0.25) is 14.9 Å². The number of nitrogens with two attached hydrogens (primary N) is 1. The summed E-state index contributed by atoms with van der Waals surface area (Å²) in [6, 6.07) is 10.1. The Morgan fingerprint density at radius 3 is 2.60 bits per heavy atom. The molecule has 0 bridgehead atoms. The fraction of sp³-hybridized carbons (Fsp3) is 0. The van der Waals surface area contributed by atoms with Gasteiger partial charge >= 0.3 is 0 Å². The van der Waals surface area contributed by atoms with Crippen LogP contribution < -0.4 is 16.4 Å². The van der Waals surface area contributed by atoms with E-state index < -0.39 is 5.91 Å². The average molecular weight is 288 g/mol. The third kappa shape index (κ3) is 1.98. The summed E-state index contributed by atoms with van der Waals surface area (Å²) < 4.78 is 0. The zero-order valence-electron chi connectivity index (χ0n) is 10.2. The number of para-hydroxylation sites is 1. The number of carbonyl (C=O) groups excluding carboxylic acids is 2. The molecule has 0 saturated carbocycles. The monoisotopic (exact) mass is 287 g/mol. The minimum absolute atomic E-state index is 0.348. The summed E-state index contributed by atoms with van der Waals surface area (Å²) in [4.78, 5) is 23.1. The van der Waals surface area contributed by atoms with E-state index in [0.29, 0.717) is 33.2 Å². The molecule has 0 aliphatic carbocycles. The first-order valence-electron chi connectivity index (χ1n) is 5.87. The topological polar surface area (TPSA) is 84.2 Å². The minimum atomic E-state index is -0.396. The molecule has 1 aliphatic heterocycles. The smallest absolute Gasteiger partial charge is 0.259 e. The maximum absolute atomic E-state index is 11.6. The molecule has 1 heterocycles. The molecule has 1 aliphatic rings. The number of hydrogen-bond donors (Lipinski definition) is 3. The average Bonchev–Trinajstić information content (AvgIpc) is 2.70. The first-order valence-corrected chi connectivity index (χ1v) is 6.25. The SMILES string of the molecule is Nc1c(Cl)cccc1Nc1ccc2c(c1)C(=O)NC2=O. The van der Waals surface area contributed by atoms with Crippen LogP contribution in [-0.4, -0.2) is 11.8 Å². The number of nitrogens with one attached hydrogen (secondary N) is 2. The molecule has 5 nitrogen and oxygen atoms in total. The van der Waals surface area contributed by atoms with Crippen molar-refractivity contribution in [2.45, 2.75) is 0 Å². The van der Waals surface area contributed by atoms with Crippen LogP contribution in [-0.2, 0) is 0 Å². The first-order chi connectivity index (χ1) is 9.56. The quantitative estimate of drug-likeness (QED) is 0.585. The Bertz CT molecular complexity index is 743. The van der Waals surface area contributed by atoms with Gasteiger partial charge in [-0.15, -0.1) is 0 Å². The van der Waals surface area contributed by atoms with Crippen molar-refractivity contribution in [2.24, 2.45) is 0 Å². The number of rotatable bonds is 2. The molecule has 0 spiro atoms. The maximum atomic E-state index is 11.6. The summed E-state index contributed by atoms with van der Waals surface area (Å²) in [5, 5.41) is 5.77. The minimum Gasteiger partial charge on any atom is -0.396 e. The summed E-state index contributed by atoms with van der Waals surface area (Å²) >= 11 is 5.94. The third-order valence-corrected chi connectivity index (χ3v) is 3.40. The molecule has 2 aromatic rings. The maximum Gasteiger partial charge on any atom is 0.259 e. The second-order valence-corrected chi connectivity index (χ2v) is 4.78. The van der Waals surface area contributed by atoms with Crippen molar-refractivity contribution in [1.82, 2.24) is 5.32 Å². The van der Waals surface area contributed by atoms with Crippen molar-refractivity contribution >= 4 is 40.5 Å². The number of fused-ring (bicyclic) bond motifs is 1. The van der Waals surface area contributed by atoms with Crippen LogP contribution in [0.1, 0.15) is 20.7 Å². The van der Waals surface area contributed by atoms with E-state index in [2.05, 4.69) is 10.6 Å². The molecule has 0 saturated heterocycles. The lowest BCUT2D eigenvalue weighted by atomic mass is 10.1. The van der Waals surface area contributed by atoms with Crippen molar-refractivity contribution in [1.29, 1.82) is 0 Å². The second-order valence-electron chi connectivity index (χ2n) is 4.37. The lowest BCUT2D eigenvalue weighted by Crippen LogP contribution is -2.19. The number of carbonyl (C=O) groups is 2. The number of anilines is 3. The molecule has 0 unspecified atom stereocenters. The van der Waals surface area contributed by atoms with Gasteiger partial charge in [0.15, 0.2) is 0 Å². The largest absolute Gasteiger partial charge is 0.396 e. The lowest BCUT2D eigenvalue weighted by molar-refractivity contribution is 0.0879. The van der Waals surface area contributed by atoms with E-state index in [1.807, 2.05) is 0 Å². The fourth-order valence-corrected chi connectivity index (χ4v) is 2.22. The highest BCUT2D eigenvalue weighted by molar-refractivity contribution is 6.33. The Balaban J connectivity index is 1.97. The van der Waals surface area contributed by atoms with Crippen molar-refractivity contribution in [3.05, 3.63) is 52.5 Å². The number of amides is 2. The number of nitrogen functional groups attached to an aromatic ring is 1. The van der Waals surface area contributed by atoms with Gasteiger partial charge in [0.25, 0.3) is 11.8 Å². The zero-order valence-corrected chi connectivity index (χ0v) is 11.0. The molecule has 0 atom stereocenters. The lowest BCUT2D eigenvalue weighted by Gasteiger charge is -2.10. The normalized spacial score (nSPS) is 13.1. The van der Waals surface area contributed by atoms with Crippen LogP contribution in [0.4, 0.5) is 17.1 Å². The van der Waals surface area contributed by atoms with Crippen LogP contribution in [0.25, 0.3) is 0 Å². The van der Waals surface area contributed by atoms with Gasteiger partial charge in [-0.05, 0) is 30.3 Å². The van der Waals surface area contributed by atoms with Gasteiger partial charge in [-0.2, -0.15) is 0 Å². The summed E-state index contributed by atoms with van der Waals surface area (Å²) in [5.74, 6) is -0.772. The van der Waals surface area contributed by atoms with Gasteiger partial charge < -0.3 is 11.1 Å². The molecule has 0 fully saturated rings. The van der Waals surface area contributed by atoms with Gasteiger partial charge in [0.05, 0.1) is 27.5 Å². The van der Waals surface area contributed by atoms with Crippen LogP contribution in [0.2, 0.25) is 5.02 Å². The third-order valence-electron chi connectivity index (χ3n) is 3.07. The predicted octanol–water partition coefficient (Wildman–Crippen LogP) is 2.55. The molecule has 0 radical (unpaired) electrons. The van der Waals surface area contributed by atoms with Gasteiger partial charge in [-0.25, -0.2) is 0 Å². The van der Waals surface area contributed by atoms with E-state index in [0.717, 1.165) is 0 Å². The van der Waals surface area contributed by atoms with Gasteiger partial charge in [0.2, 0.25) is 0 Å². The van der Waals surface area contributed by atoms with Crippen molar-refractivity contribution in [3.8, 4) is 0 Å². The highest BCUT2D eigenvalue weighted by Gasteiger charge is 2.26. The fourth-order valence-electron chi connectivity index (χ4n) is 2.05. The Labute approximate surface area is 119 Å². The van der Waals surface area contributed by atoms with Gasteiger partial charge in [0.1, 0.15) is 0 Å². The molecule has 4 N–H and O–H groups in total. The van der Waals surface area contributed by atoms with E-state index in [1.165, 1.54) is 0 Å². The summed E-state index contributed by atoms with van der Waals surface area (Å²) in [5.41, 5.74) is 8.31. The van der Waals surface area contributed by atoms with E-state index in [4.69, 9.17) is 17.3 Å². The van der Waals surface area contributed by atoms with Crippen LogP contribution in [0.5, 0.6) is 0 Å². The van der Waals surface area contributed by atoms with Crippen LogP contribution in [0.3, 0.4) is 0 Å². The van der Waals surface area contributed by atoms with Crippen molar-refractivity contribution < 1.29 is 9.59 Å². The summed E-state index contributed by atoms with van der Waals surface area (Å²) in [7, 11) is 0. The molecule has 6 heteroatoms. The van der Waals surface area contributed by atoms with Gasteiger partial charge in [0, 0.05) is 5.69 Å². The van der Waals surface area contributed by atoms with E-state index in [-0.39, 0.29) is 5.91 Å². The van der Waals surface area contributed by atoms with E-state index in [1.54, 1.807) is 36.4 Å². The van der Waals surface area contributed by atoms with Crippen molar-refractivity contribution in [3.63, 3.8) is 0 Å². The molecule has 100 valence electrons. The van der Waals surface area contributed by atoms with E-state index in [9.17, 15) is 9.59 Å². The highest BCUT2D eigenvalue weighted by Crippen LogP contribution is 2.30. The van der Waals surface area contributed by atoms with Crippen molar-refractivity contribution in [2.75, 3.05) is 11.1 Å². The summed E-state index contributed by atoms with van der Waals surface area (Å²) in [6.07, 6.45) is 0. The van der Waals surface area contributed by atoms with Crippen LogP contribution >= 0.6 is 11.6 Å². The standard InChI is InChI=1S/C14H10ClN3O2/c15-10-2-1-3-11(12(10)16)17-7-4-5-8-9(6-7)14(20)18-13(8)19/h1-6,17H,16H2,(H,18,19,20). The number of benzene rings is 2. The Hall–Kier alpha value is -2.53. The molecule has 0 aromatic heterocycles. The highest BCUT2D eigenvalue weighted by atomic mass is 35.5. The van der Waals surface area contributed by atoms with E-state index >= 15 is 0 Å². The molecular formula is C14H10ClN3O2. The Kier molecular flexibility index (Phi) is 2.84. The second kappa shape index (κ2) is 4.54. The predicted molar refractivity (Wildman–Crippen MR) is 77.4 cm³/mol. The molecule has 2 amide bonds. The Morgan fingerprint density at radius 1 is 1.05 bits per heavy atom. The van der Waals surface area contributed by atoms with Gasteiger partial charge in [-0.1, -0.05) is 17.7 Å². The first kappa shape index (κ1) is 12.5. The summed E-state index contributed by atoms with van der Waals surface area (Å²) in [6.45, 7) is 0. The number of halogens is 1. The Morgan fingerprint density at radius 2 is 1.80 bits per heavy atom. The molecular weight excluding hydrogens is 278 g/mol. The van der Waals surface area contributed by atoms with Crippen LogP contribution in [0.15, 0.2) is 36.4 Å². The zero-order chi connectivity index (χ0) is 14.3. The molecule has 2 aromatic carbocycles. The molecule has 20 heavy (non-hydrogen) atoms. The molecule has 3 rings (SSSR count). The van der Waals surface area contributed by atoms with Crippen LogP contribution in [0, 0.1) is 0 Å². The number of hydrogen-bond acceptors (Lipinski definition) is 4.